The van der Waals surface area contributed by atoms with Crippen LogP contribution in [0.5, 0.6) is 0 Å². The second-order valence-electron chi connectivity index (χ2n) is 4.95. The average molecular weight is 312 g/mol. The van der Waals surface area contributed by atoms with Crippen molar-refractivity contribution in [3.8, 4) is 0 Å². The summed E-state index contributed by atoms with van der Waals surface area (Å²) in [5.41, 5.74) is 5.91. The van der Waals surface area contributed by atoms with Gasteiger partial charge in [0.15, 0.2) is 5.82 Å². The Hall–Kier alpha value is -1.46. The summed E-state index contributed by atoms with van der Waals surface area (Å²) in [6.45, 7) is 0.732. The van der Waals surface area contributed by atoms with E-state index in [1.807, 2.05) is 0 Å². The molecule has 0 aliphatic carbocycles. The Morgan fingerprint density at radius 3 is 2.81 bits per heavy atom. The summed E-state index contributed by atoms with van der Waals surface area (Å²) in [4.78, 5) is 4.28. The normalized spacial score (nSPS) is 11.0. The molecule has 6 heteroatoms. The van der Waals surface area contributed by atoms with E-state index < -0.39 is 5.82 Å². The lowest BCUT2D eigenvalue weighted by Crippen LogP contribution is -1.98. The maximum Gasteiger partial charge on any atom is 0.226 e. The van der Waals surface area contributed by atoms with Crippen LogP contribution in [0.25, 0.3) is 0 Å². The van der Waals surface area contributed by atoms with E-state index in [4.69, 9.17) is 21.9 Å². The van der Waals surface area contributed by atoms with Crippen LogP contribution in [-0.4, -0.2) is 16.7 Å². The van der Waals surface area contributed by atoms with Crippen molar-refractivity contribution in [1.82, 2.24) is 10.1 Å². The Balaban J connectivity index is 1.87. The van der Waals surface area contributed by atoms with Crippen LogP contribution < -0.4 is 5.73 Å². The lowest BCUT2D eigenvalue weighted by atomic mass is 10.1. The molecule has 0 saturated heterocycles. The van der Waals surface area contributed by atoms with Gasteiger partial charge in [-0.05, 0) is 31.0 Å². The van der Waals surface area contributed by atoms with E-state index in [1.165, 1.54) is 6.07 Å². The minimum absolute atomic E-state index is 0.108. The van der Waals surface area contributed by atoms with Crippen molar-refractivity contribution in [1.29, 1.82) is 0 Å². The molecule has 1 aromatic heterocycles. The van der Waals surface area contributed by atoms with E-state index in [0.29, 0.717) is 17.3 Å². The molecule has 0 radical (unpaired) electrons. The molecule has 0 bridgehead atoms. The molecule has 0 saturated carbocycles. The zero-order valence-corrected chi connectivity index (χ0v) is 12.6. The first-order valence-corrected chi connectivity index (χ1v) is 7.53. The van der Waals surface area contributed by atoms with Crippen molar-refractivity contribution in [2.24, 2.45) is 5.73 Å². The standard InChI is InChI=1S/C15H19ClFN3O/c16-12-7-5-6-11(15(12)17)10-13-19-14(21-20-13)8-3-1-2-4-9-18/h5-7H,1-4,8-10,18H2. The molecule has 0 fully saturated rings. The van der Waals surface area contributed by atoms with Gasteiger partial charge < -0.3 is 10.3 Å². The number of rotatable bonds is 8. The lowest BCUT2D eigenvalue weighted by Gasteiger charge is -2.00. The maximum absolute atomic E-state index is 13.8. The van der Waals surface area contributed by atoms with Crippen LogP contribution in [0, 0.1) is 5.82 Å². The summed E-state index contributed by atoms with van der Waals surface area (Å²) in [7, 11) is 0. The second kappa shape index (κ2) is 8.10. The minimum atomic E-state index is -0.424. The molecule has 114 valence electrons. The molecule has 2 aromatic rings. The highest BCUT2D eigenvalue weighted by atomic mass is 35.5. The third-order valence-electron chi connectivity index (χ3n) is 3.24. The third kappa shape index (κ3) is 4.79. The first kappa shape index (κ1) is 15.9. The number of aromatic nitrogens is 2. The van der Waals surface area contributed by atoms with E-state index in [-0.39, 0.29) is 11.4 Å². The van der Waals surface area contributed by atoms with Gasteiger partial charge in [-0.1, -0.05) is 41.7 Å². The summed E-state index contributed by atoms with van der Waals surface area (Å²) in [6.07, 6.45) is 5.28. The molecular weight excluding hydrogens is 293 g/mol. The Morgan fingerprint density at radius 1 is 1.19 bits per heavy atom. The highest BCUT2D eigenvalue weighted by Gasteiger charge is 2.11. The summed E-state index contributed by atoms with van der Waals surface area (Å²) < 4.78 is 19.0. The van der Waals surface area contributed by atoms with Crippen molar-refractivity contribution in [2.75, 3.05) is 6.54 Å². The van der Waals surface area contributed by atoms with E-state index in [1.54, 1.807) is 12.1 Å². The highest BCUT2D eigenvalue weighted by Crippen LogP contribution is 2.19. The molecule has 2 N–H and O–H groups in total. The average Bonchev–Trinajstić information content (AvgIpc) is 2.91. The predicted octanol–water partition coefficient (Wildman–Crippen LogP) is 3.51. The Kier molecular flexibility index (Phi) is 6.14. The second-order valence-corrected chi connectivity index (χ2v) is 5.35. The molecule has 2 rings (SSSR count). The summed E-state index contributed by atoms with van der Waals surface area (Å²) in [5.74, 6) is 0.653. The smallest absolute Gasteiger partial charge is 0.226 e. The number of nitrogens with two attached hydrogens (primary N) is 1. The van der Waals surface area contributed by atoms with Crippen LogP contribution >= 0.6 is 11.6 Å². The van der Waals surface area contributed by atoms with Gasteiger partial charge in [0, 0.05) is 12.8 Å². The van der Waals surface area contributed by atoms with E-state index in [2.05, 4.69) is 10.1 Å². The maximum atomic E-state index is 13.8. The van der Waals surface area contributed by atoms with E-state index in [0.717, 1.165) is 38.6 Å². The van der Waals surface area contributed by atoms with E-state index >= 15 is 0 Å². The van der Waals surface area contributed by atoms with Crippen LogP contribution in [0.3, 0.4) is 0 Å². The minimum Gasteiger partial charge on any atom is -0.339 e. The van der Waals surface area contributed by atoms with Crippen LogP contribution in [0.4, 0.5) is 4.39 Å². The van der Waals surface area contributed by atoms with Crippen LogP contribution in [0.15, 0.2) is 22.7 Å². The zero-order chi connectivity index (χ0) is 15.1. The topological polar surface area (TPSA) is 64.9 Å². The Labute approximate surface area is 128 Å². The monoisotopic (exact) mass is 311 g/mol. The SMILES string of the molecule is NCCCCCCc1nc(Cc2cccc(Cl)c2F)no1. The van der Waals surface area contributed by atoms with Crippen molar-refractivity contribution in [3.05, 3.63) is 46.3 Å². The largest absolute Gasteiger partial charge is 0.339 e. The molecule has 1 aromatic carbocycles. The summed E-state index contributed by atoms with van der Waals surface area (Å²) in [6, 6.07) is 4.90. The quantitative estimate of drug-likeness (QED) is 0.758. The molecule has 0 atom stereocenters. The van der Waals surface area contributed by atoms with Gasteiger partial charge in [-0.3, -0.25) is 0 Å². The molecule has 1 heterocycles. The van der Waals surface area contributed by atoms with Gasteiger partial charge in [-0.15, -0.1) is 0 Å². The van der Waals surface area contributed by atoms with Crippen molar-refractivity contribution < 1.29 is 8.91 Å². The summed E-state index contributed by atoms with van der Waals surface area (Å²) in [5, 5.41) is 3.99. The molecule has 21 heavy (non-hydrogen) atoms. The molecule has 0 aliphatic rings. The molecule has 0 spiro atoms. The van der Waals surface area contributed by atoms with Crippen LogP contribution in [0.1, 0.15) is 43.0 Å². The van der Waals surface area contributed by atoms with Gasteiger partial charge in [0.2, 0.25) is 5.89 Å². The molecule has 0 aliphatic heterocycles. The number of hydrogen-bond acceptors (Lipinski definition) is 4. The van der Waals surface area contributed by atoms with Gasteiger partial charge in [0.1, 0.15) is 5.82 Å². The fourth-order valence-corrected chi connectivity index (χ4v) is 2.29. The van der Waals surface area contributed by atoms with Gasteiger partial charge in [-0.2, -0.15) is 4.98 Å². The molecule has 4 nitrogen and oxygen atoms in total. The number of halogens is 2. The summed E-state index contributed by atoms with van der Waals surface area (Å²) >= 11 is 5.75. The highest BCUT2D eigenvalue weighted by molar-refractivity contribution is 6.30. The predicted molar refractivity (Wildman–Crippen MR) is 79.7 cm³/mol. The third-order valence-corrected chi connectivity index (χ3v) is 3.53. The van der Waals surface area contributed by atoms with Gasteiger partial charge in [0.25, 0.3) is 0 Å². The molecule has 0 unspecified atom stereocenters. The fourth-order valence-electron chi connectivity index (χ4n) is 2.09. The van der Waals surface area contributed by atoms with Gasteiger partial charge >= 0.3 is 0 Å². The van der Waals surface area contributed by atoms with E-state index in [9.17, 15) is 4.39 Å². The van der Waals surface area contributed by atoms with Crippen LogP contribution in [-0.2, 0) is 12.8 Å². The molecule has 0 amide bonds. The zero-order valence-electron chi connectivity index (χ0n) is 11.8. The van der Waals surface area contributed by atoms with Crippen LogP contribution in [0.2, 0.25) is 5.02 Å². The van der Waals surface area contributed by atoms with Crippen molar-refractivity contribution >= 4 is 11.6 Å². The fraction of sp³-hybridized carbons (Fsp3) is 0.467. The molecular formula is C15H19ClFN3O. The van der Waals surface area contributed by atoms with Gasteiger partial charge in [-0.25, -0.2) is 4.39 Å². The number of benzene rings is 1. The number of aryl methyl sites for hydroxylation is 1. The number of hydrogen-bond donors (Lipinski definition) is 1. The van der Waals surface area contributed by atoms with Crippen molar-refractivity contribution in [3.63, 3.8) is 0 Å². The first-order chi connectivity index (χ1) is 10.2. The lowest BCUT2D eigenvalue weighted by molar-refractivity contribution is 0.369. The number of unbranched alkanes of at least 4 members (excludes halogenated alkanes) is 3. The Morgan fingerprint density at radius 2 is 2.00 bits per heavy atom. The number of nitrogens with zero attached hydrogens (tertiary/aromatic N) is 2. The Bertz CT molecular complexity index is 574. The van der Waals surface area contributed by atoms with Gasteiger partial charge in [0.05, 0.1) is 5.02 Å². The van der Waals surface area contributed by atoms with Crippen molar-refractivity contribution in [2.45, 2.75) is 38.5 Å². The first-order valence-electron chi connectivity index (χ1n) is 7.15.